The van der Waals surface area contributed by atoms with E-state index in [-0.39, 0.29) is 18.8 Å². The first-order chi connectivity index (χ1) is 8.30. The van der Waals surface area contributed by atoms with Crippen molar-refractivity contribution in [3.05, 3.63) is 29.6 Å². The van der Waals surface area contributed by atoms with Gasteiger partial charge in [-0.05, 0) is 18.2 Å². The number of hydrogen-bond acceptors (Lipinski definition) is 2. The fraction of sp³-hybridized carbons (Fsp3) is 0.300. The Morgan fingerprint density at radius 3 is 2.44 bits per heavy atom. The van der Waals surface area contributed by atoms with Crippen molar-refractivity contribution in [1.82, 2.24) is 5.32 Å². The Bertz CT molecular complexity index is 434. The van der Waals surface area contributed by atoms with Gasteiger partial charge in [0, 0.05) is 13.1 Å². The van der Waals surface area contributed by atoms with Gasteiger partial charge in [-0.15, -0.1) is 0 Å². The molecule has 1 aromatic carbocycles. The molecule has 0 heterocycles. The van der Waals surface area contributed by atoms with E-state index in [1.54, 1.807) is 0 Å². The van der Waals surface area contributed by atoms with Crippen molar-refractivity contribution < 1.29 is 22.4 Å². The third kappa shape index (κ3) is 4.11. The molecule has 0 aromatic heterocycles. The van der Waals surface area contributed by atoms with Gasteiger partial charge >= 0.3 is 12.2 Å². The second-order valence-electron chi connectivity index (χ2n) is 3.41. The van der Waals surface area contributed by atoms with Gasteiger partial charge in [-0.2, -0.15) is 13.2 Å². The first kappa shape index (κ1) is 14.1. The monoisotopic (exact) mass is 265 g/mol. The lowest BCUT2D eigenvalue weighted by atomic mass is 10.2. The van der Waals surface area contributed by atoms with Crippen molar-refractivity contribution in [2.75, 3.05) is 18.4 Å². The van der Waals surface area contributed by atoms with Crippen LogP contribution in [0.1, 0.15) is 5.56 Å². The van der Waals surface area contributed by atoms with Crippen molar-refractivity contribution in [1.29, 1.82) is 0 Å². The molecule has 0 bridgehead atoms. The number of amides is 2. The lowest BCUT2D eigenvalue weighted by Gasteiger charge is -2.11. The molecule has 0 saturated carbocycles. The Morgan fingerprint density at radius 2 is 1.94 bits per heavy atom. The van der Waals surface area contributed by atoms with Crippen molar-refractivity contribution in [3.63, 3.8) is 0 Å². The molecule has 18 heavy (non-hydrogen) atoms. The number of anilines is 1. The largest absolute Gasteiger partial charge is 0.416 e. The van der Waals surface area contributed by atoms with E-state index in [1.165, 1.54) is 0 Å². The maximum Gasteiger partial charge on any atom is 0.416 e. The van der Waals surface area contributed by atoms with Gasteiger partial charge in [0.1, 0.15) is 5.82 Å². The molecule has 1 aromatic rings. The van der Waals surface area contributed by atoms with Gasteiger partial charge in [0.2, 0.25) is 0 Å². The fourth-order valence-corrected chi connectivity index (χ4v) is 1.22. The molecule has 4 N–H and O–H groups in total. The van der Waals surface area contributed by atoms with E-state index >= 15 is 0 Å². The van der Waals surface area contributed by atoms with E-state index in [9.17, 15) is 22.4 Å². The molecular weight excluding hydrogens is 254 g/mol. The van der Waals surface area contributed by atoms with Crippen molar-refractivity contribution in [3.8, 4) is 0 Å². The van der Waals surface area contributed by atoms with Gasteiger partial charge in [-0.3, -0.25) is 0 Å². The molecule has 0 aliphatic rings. The molecule has 1 rings (SSSR count). The number of benzene rings is 1. The molecule has 0 aliphatic carbocycles. The van der Waals surface area contributed by atoms with Crippen LogP contribution in [0, 0.1) is 5.82 Å². The molecule has 4 nitrogen and oxygen atoms in total. The standard InChI is InChI=1S/C10H11F4N3O/c11-7-5-6(10(12,13)14)1-2-8(7)16-3-4-17-9(15)18/h1-2,5,16H,3-4H2,(H3,15,17,18). The Morgan fingerprint density at radius 1 is 1.28 bits per heavy atom. The first-order valence-corrected chi connectivity index (χ1v) is 4.94. The van der Waals surface area contributed by atoms with E-state index in [0.717, 1.165) is 12.1 Å². The normalized spacial score (nSPS) is 11.1. The van der Waals surface area contributed by atoms with Crippen LogP contribution in [-0.4, -0.2) is 19.1 Å². The minimum atomic E-state index is -4.58. The summed E-state index contributed by atoms with van der Waals surface area (Å²) in [6.07, 6.45) is -4.58. The SMILES string of the molecule is NC(=O)NCCNc1ccc(C(F)(F)F)cc1F. The lowest BCUT2D eigenvalue weighted by Crippen LogP contribution is -2.33. The van der Waals surface area contributed by atoms with Crippen LogP contribution < -0.4 is 16.4 Å². The minimum Gasteiger partial charge on any atom is -0.381 e. The summed E-state index contributed by atoms with van der Waals surface area (Å²) in [6.45, 7) is 0.279. The Balaban J connectivity index is 2.60. The number of nitrogens with one attached hydrogen (secondary N) is 2. The Labute approximate surface area is 100 Å². The van der Waals surface area contributed by atoms with Gasteiger partial charge in [-0.1, -0.05) is 0 Å². The van der Waals surface area contributed by atoms with Gasteiger partial charge < -0.3 is 16.4 Å². The maximum atomic E-state index is 13.3. The second-order valence-corrected chi connectivity index (χ2v) is 3.41. The van der Waals surface area contributed by atoms with Crippen LogP contribution in [0.15, 0.2) is 18.2 Å². The summed E-state index contributed by atoms with van der Waals surface area (Å²) in [5, 5.41) is 4.78. The second kappa shape index (κ2) is 5.56. The predicted molar refractivity (Wildman–Crippen MR) is 57.5 cm³/mol. The zero-order valence-electron chi connectivity index (χ0n) is 9.14. The smallest absolute Gasteiger partial charge is 0.381 e. The quantitative estimate of drug-likeness (QED) is 0.575. The maximum absolute atomic E-state index is 13.3. The number of rotatable bonds is 4. The van der Waals surface area contributed by atoms with Crippen LogP contribution in [0.3, 0.4) is 0 Å². The number of primary amides is 1. The molecule has 0 radical (unpaired) electrons. The number of urea groups is 1. The van der Waals surface area contributed by atoms with E-state index in [0.29, 0.717) is 6.07 Å². The minimum absolute atomic E-state index is 0.0747. The summed E-state index contributed by atoms with van der Waals surface area (Å²) < 4.78 is 50.0. The molecule has 2 amide bonds. The van der Waals surface area contributed by atoms with Gasteiger partial charge in [0.05, 0.1) is 11.3 Å². The number of nitrogens with two attached hydrogens (primary N) is 1. The average molecular weight is 265 g/mol. The topological polar surface area (TPSA) is 67.2 Å². The molecule has 0 aliphatic heterocycles. The molecule has 100 valence electrons. The van der Waals surface area contributed by atoms with E-state index in [4.69, 9.17) is 5.73 Å². The van der Waals surface area contributed by atoms with Gasteiger partial charge in [-0.25, -0.2) is 9.18 Å². The number of hydrogen-bond donors (Lipinski definition) is 3. The van der Waals surface area contributed by atoms with Gasteiger partial charge in [0.25, 0.3) is 0 Å². The number of carbonyl (C=O) groups excluding carboxylic acids is 1. The zero-order valence-corrected chi connectivity index (χ0v) is 9.14. The molecular formula is C10H11F4N3O. The van der Waals surface area contributed by atoms with Crippen molar-refractivity contribution in [2.45, 2.75) is 6.18 Å². The molecule has 0 atom stereocenters. The number of alkyl halides is 3. The summed E-state index contributed by atoms with van der Waals surface area (Å²) >= 11 is 0. The number of carbonyl (C=O) groups is 1. The van der Waals surface area contributed by atoms with Crippen LogP contribution in [0.2, 0.25) is 0 Å². The lowest BCUT2D eigenvalue weighted by molar-refractivity contribution is -0.137. The fourth-order valence-electron chi connectivity index (χ4n) is 1.22. The highest BCUT2D eigenvalue weighted by molar-refractivity contribution is 5.71. The van der Waals surface area contributed by atoms with Crippen LogP contribution in [0.4, 0.5) is 28.0 Å². The van der Waals surface area contributed by atoms with Crippen LogP contribution in [0.5, 0.6) is 0 Å². The molecule has 0 saturated heterocycles. The summed E-state index contributed by atoms with van der Waals surface area (Å²) in [5.41, 5.74) is 3.66. The third-order valence-corrected chi connectivity index (χ3v) is 2.04. The number of halogens is 4. The van der Waals surface area contributed by atoms with E-state index in [1.807, 2.05) is 0 Å². The van der Waals surface area contributed by atoms with Crippen LogP contribution in [0.25, 0.3) is 0 Å². The van der Waals surface area contributed by atoms with E-state index in [2.05, 4.69) is 10.6 Å². The highest BCUT2D eigenvalue weighted by Gasteiger charge is 2.31. The zero-order chi connectivity index (χ0) is 13.8. The molecule has 0 spiro atoms. The highest BCUT2D eigenvalue weighted by atomic mass is 19.4. The Hall–Kier alpha value is -1.99. The molecule has 0 unspecified atom stereocenters. The predicted octanol–water partition coefficient (Wildman–Crippen LogP) is 1.92. The highest BCUT2D eigenvalue weighted by Crippen LogP contribution is 2.31. The van der Waals surface area contributed by atoms with Crippen LogP contribution >= 0.6 is 0 Å². The third-order valence-electron chi connectivity index (χ3n) is 2.04. The van der Waals surface area contributed by atoms with E-state index < -0.39 is 23.6 Å². The summed E-state index contributed by atoms with van der Waals surface area (Å²) in [4.78, 5) is 10.3. The first-order valence-electron chi connectivity index (χ1n) is 4.94. The van der Waals surface area contributed by atoms with Crippen LogP contribution in [-0.2, 0) is 6.18 Å². The Kier molecular flexibility index (Phi) is 4.35. The molecule has 8 heteroatoms. The summed E-state index contributed by atoms with van der Waals surface area (Å²) in [7, 11) is 0. The summed E-state index contributed by atoms with van der Waals surface area (Å²) in [6, 6.07) is 1.43. The van der Waals surface area contributed by atoms with Crippen molar-refractivity contribution >= 4 is 11.7 Å². The van der Waals surface area contributed by atoms with Gasteiger partial charge in [0.15, 0.2) is 0 Å². The summed E-state index contributed by atoms with van der Waals surface area (Å²) in [5.74, 6) is -1.01. The van der Waals surface area contributed by atoms with Crippen molar-refractivity contribution in [2.24, 2.45) is 5.73 Å². The average Bonchev–Trinajstić information content (AvgIpc) is 2.24. The molecule has 0 fully saturated rings.